The molecule has 394 valence electrons. The van der Waals surface area contributed by atoms with E-state index in [-0.39, 0.29) is 35.7 Å². The van der Waals surface area contributed by atoms with Gasteiger partial charge in [-0.2, -0.15) is 40.7 Å². The molecule has 3 aromatic carbocycles. The number of amides is 2. The van der Waals surface area contributed by atoms with E-state index in [0.29, 0.717) is 12.1 Å². The smallest absolute Gasteiger partial charge is 0.416 e. The molecule has 4 rings (SSSR count). The van der Waals surface area contributed by atoms with Gasteiger partial charge in [-0.3, -0.25) is 24.8 Å². The van der Waals surface area contributed by atoms with E-state index in [4.69, 9.17) is 46.7 Å². The van der Waals surface area contributed by atoms with Crippen molar-refractivity contribution in [2.75, 3.05) is 24.8 Å². The van der Waals surface area contributed by atoms with Gasteiger partial charge in [-0.15, -0.1) is 0 Å². The number of esters is 2. The summed E-state index contributed by atoms with van der Waals surface area (Å²) in [6.45, 7) is -2.82. The van der Waals surface area contributed by atoms with Gasteiger partial charge in [-0.25, -0.2) is 32.3 Å². The molecule has 0 bridgehead atoms. The second kappa shape index (κ2) is 26.7. The maximum atomic E-state index is 12.8. The number of aromatic nitrogens is 2. The van der Waals surface area contributed by atoms with Crippen LogP contribution in [0.15, 0.2) is 71.6 Å². The molecule has 0 saturated carbocycles. The number of nitrogens with two attached hydrogens (primary N) is 1. The lowest BCUT2D eigenvalue weighted by Crippen LogP contribution is -2.35. The highest BCUT2D eigenvalue weighted by atomic mass is 35.5. The second-order valence-electron chi connectivity index (χ2n) is 13.5. The molecule has 4 aromatic rings. The number of aliphatic carboxylic acids is 1. The average molecular weight is 1100 g/mol. The molecule has 0 aliphatic rings. The van der Waals surface area contributed by atoms with Crippen LogP contribution >= 0.6 is 19.0 Å². The van der Waals surface area contributed by atoms with Crippen LogP contribution < -0.4 is 30.0 Å². The summed E-state index contributed by atoms with van der Waals surface area (Å²) in [5.74, 6) is -7.95. The normalized spacial score (nSPS) is 12.8. The lowest BCUT2D eigenvalue weighted by molar-refractivity contribution is -0.385. The maximum absolute atomic E-state index is 12.8. The van der Waals surface area contributed by atoms with Crippen molar-refractivity contribution >= 4 is 70.5 Å². The monoisotopic (exact) mass is 1100 g/mol. The number of nitro benzene ring substituents is 1. The average Bonchev–Trinajstić information content (AvgIpc) is 3.25. The Balaban J connectivity index is 0.000000409. The Morgan fingerprint density at radius 2 is 1.51 bits per heavy atom. The number of carbonyl (C=O) groups is 5. The molecule has 0 aliphatic carbocycles. The number of nitro groups is 1. The van der Waals surface area contributed by atoms with Crippen LogP contribution in [-0.2, 0) is 39.8 Å². The minimum absolute atomic E-state index is 0.0398. The molecule has 0 saturated heterocycles. The van der Waals surface area contributed by atoms with E-state index < -0.39 is 129 Å². The first kappa shape index (κ1) is 60.7. The highest BCUT2D eigenvalue weighted by Crippen LogP contribution is 2.38. The predicted octanol–water partition coefficient (Wildman–Crippen LogP) is 6.74. The summed E-state index contributed by atoms with van der Waals surface area (Å²) in [7, 11) is -7.82. The largest absolute Gasteiger partial charge is 0.480 e. The van der Waals surface area contributed by atoms with Crippen LogP contribution in [0.25, 0.3) is 0 Å². The van der Waals surface area contributed by atoms with Gasteiger partial charge < -0.3 is 44.5 Å². The highest BCUT2D eigenvalue weighted by molar-refractivity contribution is 7.90. The fourth-order valence-electron chi connectivity index (χ4n) is 4.77. The molecule has 0 radical (unpaired) electrons. The third-order valence-corrected chi connectivity index (χ3v) is 10.7. The molecule has 34 heteroatoms. The zero-order chi connectivity index (χ0) is 54.9. The van der Waals surface area contributed by atoms with Crippen molar-refractivity contribution in [2.45, 2.75) is 56.7 Å². The first-order valence-corrected chi connectivity index (χ1v) is 23.3. The van der Waals surface area contributed by atoms with Gasteiger partial charge in [0.1, 0.15) is 28.0 Å². The van der Waals surface area contributed by atoms with Gasteiger partial charge in [0.25, 0.3) is 15.7 Å². The van der Waals surface area contributed by atoms with Crippen LogP contribution in [0.4, 0.5) is 47.2 Å². The Bertz CT molecular complexity index is 2750. The summed E-state index contributed by atoms with van der Waals surface area (Å²) in [6.07, 6.45) is -5.94. The Hall–Kier alpha value is -7.41. The number of ether oxygens (including phenoxy) is 5. The minimum atomic E-state index is -4.71. The third kappa shape index (κ3) is 20.5. The van der Waals surface area contributed by atoms with Gasteiger partial charge in [0, 0.05) is 25.0 Å². The summed E-state index contributed by atoms with van der Waals surface area (Å²) in [6, 6.07) is 7.57. The van der Waals surface area contributed by atoms with Crippen LogP contribution in [0.3, 0.4) is 0 Å². The maximum Gasteiger partial charge on any atom is 0.416 e. The second-order valence-corrected chi connectivity index (χ2v) is 18.1. The number of urea groups is 1. The van der Waals surface area contributed by atoms with Crippen LogP contribution in [0, 0.1) is 10.1 Å². The van der Waals surface area contributed by atoms with Gasteiger partial charge >= 0.3 is 49.3 Å². The zero-order valence-electron chi connectivity index (χ0n) is 36.5. The molecule has 0 fully saturated rings. The Morgan fingerprint density at radius 3 is 2.00 bits per heavy atom. The van der Waals surface area contributed by atoms with Crippen molar-refractivity contribution < 1.29 is 111 Å². The molecule has 2 amide bonds. The predicted molar refractivity (Wildman–Crippen MR) is 230 cm³/mol. The molecule has 3 atom stereocenters. The number of nitrogens with one attached hydrogen (secondary N) is 2. The molecule has 0 aliphatic heterocycles. The number of anilines is 1. The highest BCUT2D eigenvalue weighted by Gasteiger charge is 2.32. The number of hydrogen-bond donors (Lipinski definition) is 6. The first-order chi connectivity index (χ1) is 33.2. The number of benzene rings is 3. The number of aromatic carboxylic acids is 1. The van der Waals surface area contributed by atoms with Crippen molar-refractivity contribution in [3.05, 3.63) is 98.6 Å². The number of carboxylic acid groups (broad SMARTS) is 2. The van der Waals surface area contributed by atoms with Crippen LogP contribution in [0.5, 0.6) is 23.3 Å². The summed E-state index contributed by atoms with van der Waals surface area (Å²) in [5.41, 5.74) is 2.28. The van der Waals surface area contributed by atoms with Crippen molar-refractivity contribution in [1.82, 2.24) is 14.7 Å². The SMILES string of the molecule is CCOC(=O)C(C)OC(=O)c1cc(Oc2ccc(C(F)(F)F)cc2Cl)ccc1[N+](=O)[O-].CP(=O)(O)CCC(N)C(=O)O.O=C(Nc1nc(OC(F)F)cc(OC(F)F)n1)NS(=O)(=O)c1ccccc1C(=O)O. The summed E-state index contributed by atoms with van der Waals surface area (Å²) < 4.78 is 147. The van der Waals surface area contributed by atoms with E-state index in [2.05, 4.69) is 19.4 Å². The molecular formula is C38H37ClF7N6O18PS. The van der Waals surface area contributed by atoms with Crippen LogP contribution in [-0.4, -0.2) is 113 Å². The summed E-state index contributed by atoms with van der Waals surface area (Å²) >= 11 is 5.83. The Labute approximate surface area is 404 Å². The molecule has 1 aromatic heterocycles. The molecule has 72 heavy (non-hydrogen) atoms. The third-order valence-electron chi connectivity index (χ3n) is 7.90. The first-order valence-electron chi connectivity index (χ1n) is 19.2. The van der Waals surface area contributed by atoms with Gasteiger partial charge in [-0.05, 0) is 56.7 Å². The molecule has 3 unspecified atom stereocenters. The number of rotatable bonds is 19. The molecule has 24 nitrogen and oxygen atoms in total. The number of halogens is 8. The summed E-state index contributed by atoms with van der Waals surface area (Å²) in [5, 5.41) is 29.9. The minimum Gasteiger partial charge on any atom is -0.480 e. The van der Waals surface area contributed by atoms with Crippen molar-refractivity contribution in [1.29, 1.82) is 0 Å². The Morgan fingerprint density at radius 1 is 0.931 bits per heavy atom. The number of hydrogen-bond acceptors (Lipinski definition) is 18. The van der Waals surface area contributed by atoms with E-state index in [1.165, 1.54) is 30.4 Å². The fourth-order valence-corrected chi connectivity index (χ4v) is 6.85. The van der Waals surface area contributed by atoms with Gasteiger partial charge in [0.05, 0.1) is 33.7 Å². The number of carboxylic acids is 2. The molecule has 1 heterocycles. The standard InChI is InChI=1S/C19H15ClF3NO7.C14H10F4N4O7S.C5H12NO4P/c1-3-29-17(25)10(2)30-18(26)13-9-12(5-6-15(13)24(27)28)31-16-7-4-11(8-14(16)20)19(21,22)23;15-11(16)28-8-5-9(29-12(17)18)20-13(19-8)21-14(25)22-30(26,27)7-4-2-1-3-6(7)10(23)24;1-11(9,10)3-2-4(6)5(7)8/h4-10H,3H2,1-2H3;1-5,11-12H,(H,23,24)(H2,19,20,21,22,25);4H,2-3,6H2,1H3,(H,7,8)(H,9,10). The number of carbonyl (C=O) groups excluding carboxylic acids is 3. The van der Waals surface area contributed by atoms with Crippen LogP contribution in [0.1, 0.15) is 46.5 Å². The van der Waals surface area contributed by atoms with E-state index in [1.54, 1.807) is 12.2 Å². The summed E-state index contributed by atoms with van der Waals surface area (Å²) in [4.78, 5) is 82.1. The van der Waals surface area contributed by atoms with Crippen molar-refractivity contribution in [2.24, 2.45) is 5.73 Å². The van der Waals surface area contributed by atoms with Gasteiger partial charge in [0.15, 0.2) is 13.5 Å². The quantitative estimate of drug-likeness (QED) is 0.0186. The number of sulfonamides is 1. The van der Waals surface area contributed by atoms with Gasteiger partial charge in [-0.1, -0.05) is 23.7 Å². The number of nitrogens with zero attached hydrogens (tertiary/aromatic N) is 3. The zero-order valence-corrected chi connectivity index (χ0v) is 39.0. The van der Waals surface area contributed by atoms with Gasteiger partial charge in [0.2, 0.25) is 17.7 Å². The van der Waals surface area contributed by atoms with Crippen LogP contribution in [0.2, 0.25) is 5.02 Å². The fraction of sp³-hybridized carbons (Fsp3) is 0.289. The molecular weight excluding hydrogens is 1060 g/mol. The van der Waals surface area contributed by atoms with Crippen molar-refractivity contribution in [3.63, 3.8) is 0 Å². The lowest BCUT2D eigenvalue weighted by Gasteiger charge is -2.13. The van der Waals surface area contributed by atoms with E-state index >= 15 is 0 Å². The van der Waals surface area contributed by atoms with E-state index in [1.807, 2.05) is 0 Å². The van der Waals surface area contributed by atoms with Crippen molar-refractivity contribution in [3.8, 4) is 23.3 Å². The van der Waals surface area contributed by atoms with E-state index in [9.17, 15) is 77.8 Å². The lowest BCUT2D eigenvalue weighted by atomic mass is 10.1. The molecule has 7 N–H and O–H groups in total. The van der Waals surface area contributed by atoms with E-state index in [0.717, 1.165) is 42.5 Å². The Kier molecular flexibility index (Phi) is 22.5. The number of alkyl halides is 7. The molecule has 0 spiro atoms. The topological polar surface area (TPSA) is 362 Å².